The molecule has 0 aliphatic carbocycles. The Morgan fingerprint density at radius 3 is 0.944 bits per heavy atom. The van der Waals surface area contributed by atoms with E-state index in [-0.39, 0.29) is 0 Å². The van der Waals surface area contributed by atoms with Crippen molar-refractivity contribution in [3.05, 3.63) is 267 Å². The second kappa shape index (κ2) is 17.1. The predicted octanol–water partition coefficient (Wildman–Crippen LogP) is 17.8. The molecule has 0 aliphatic rings. The number of aromatic nitrogens is 4. The standard InChI is InChI=1S/C68H44N4/c1-3-15-49(16-4-1)55-21-13-23-59-57-19-7-11-27-63(57)71(67(55)59)53-41-37-47(38-42-53)45-29-33-51(34-30-45)65-66(70-62-26-10-9-25-61(62)69-65)52-35-31-46(32-36-52)48-39-43-54(44-40-48)72-64-28-12-8-20-58(64)60-24-14-22-56(68(60)72)50-17-5-2-6-18-50/h1-44H. The van der Waals surface area contributed by atoms with E-state index < -0.39 is 0 Å². The minimum atomic E-state index is 0.856. The molecule has 0 bridgehead atoms. The van der Waals surface area contributed by atoms with Gasteiger partial charge in [-0.3, -0.25) is 0 Å². The van der Waals surface area contributed by atoms with Crippen LogP contribution in [-0.2, 0) is 0 Å². The summed E-state index contributed by atoms with van der Waals surface area (Å²) in [6.07, 6.45) is 0. The first-order valence-corrected chi connectivity index (χ1v) is 24.6. The van der Waals surface area contributed by atoms with Crippen molar-refractivity contribution in [2.24, 2.45) is 0 Å². The zero-order valence-corrected chi connectivity index (χ0v) is 39.2. The third-order valence-corrected chi connectivity index (χ3v) is 14.4. The quantitative estimate of drug-likeness (QED) is 0.152. The molecule has 4 nitrogen and oxygen atoms in total. The summed E-state index contributed by atoms with van der Waals surface area (Å²) in [7, 11) is 0. The zero-order chi connectivity index (χ0) is 47.5. The second-order valence-corrected chi connectivity index (χ2v) is 18.5. The molecule has 0 unspecified atom stereocenters. The van der Waals surface area contributed by atoms with E-state index in [1.165, 1.54) is 65.9 Å². The van der Waals surface area contributed by atoms with Crippen molar-refractivity contribution in [3.8, 4) is 78.4 Å². The van der Waals surface area contributed by atoms with Gasteiger partial charge < -0.3 is 9.13 Å². The molecule has 14 aromatic rings. The highest BCUT2D eigenvalue weighted by Crippen LogP contribution is 2.41. The number of rotatable bonds is 8. The molecule has 0 saturated heterocycles. The van der Waals surface area contributed by atoms with Crippen LogP contribution < -0.4 is 0 Å². The van der Waals surface area contributed by atoms with E-state index in [0.717, 1.165) is 67.2 Å². The molecule has 336 valence electrons. The first-order chi connectivity index (χ1) is 35.7. The lowest BCUT2D eigenvalue weighted by Crippen LogP contribution is -1.96. The molecule has 0 atom stereocenters. The van der Waals surface area contributed by atoms with Crippen LogP contribution in [0.4, 0.5) is 0 Å². The minimum absolute atomic E-state index is 0.856. The fraction of sp³-hybridized carbons (Fsp3) is 0. The summed E-state index contributed by atoms with van der Waals surface area (Å²) < 4.78 is 4.83. The highest BCUT2D eigenvalue weighted by atomic mass is 15.0. The molecule has 0 amide bonds. The van der Waals surface area contributed by atoms with Gasteiger partial charge in [-0.1, -0.05) is 218 Å². The SMILES string of the molecule is c1ccc(-c2cccc3c4ccccc4n(-c4ccc(-c5ccc(-c6nc7ccccc7nc6-c6ccc(-c7ccc(-n8c9ccccc9c9cccc(-c%10ccccc%10)c98)cc7)cc6)cc5)cc4)c23)cc1. The highest BCUT2D eigenvalue weighted by Gasteiger charge is 2.19. The molecule has 0 spiro atoms. The Kier molecular flexibility index (Phi) is 9.82. The second-order valence-electron chi connectivity index (χ2n) is 18.5. The van der Waals surface area contributed by atoms with Gasteiger partial charge in [0.2, 0.25) is 0 Å². The maximum Gasteiger partial charge on any atom is 0.0973 e. The van der Waals surface area contributed by atoms with Crippen molar-refractivity contribution in [2.75, 3.05) is 0 Å². The average Bonchev–Trinajstić information content (AvgIpc) is 3.99. The molecule has 3 heterocycles. The normalized spacial score (nSPS) is 11.6. The Morgan fingerprint density at radius 1 is 0.222 bits per heavy atom. The van der Waals surface area contributed by atoms with E-state index in [2.05, 4.69) is 252 Å². The van der Waals surface area contributed by atoms with Crippen LogP contribution in [-0.4, -0.2) is 19.1 Å². The van der Waals surface area contributed by atoms with Crippen molar-refractivity contribution in [3.63, 3.8) is 0 Å². The van der Waals surface area contributed by atoms with Crippen LogP contribution in [0, 0.1) is 0 Å². The molecule has 0 saturated carbocycles. The number of nitrogens with zero attached hydrogens (tertiary/aromatic N) is 4. The monoisotopic (exact) mass is 916 g/mol. The van der Waals surface area contributed by atoms with E-state index in [4.69, 9.17) is 9.97 Å². The first kappa shape index (κ1) is 41.3. The average molecular weight is 917 g/mol. The van der Waals surface area contributed by atoms with Crippen LogP contribution in [0.15, 0.2) is 267 Å². The van der Waals surface area contributed by atoms with Crippen LogP contribution in [0.3, 0.4) is 0 Å². The van der Waals surface area contributed by atoms with Crippen molar-refractivity contribution >= 4 is 54.6 Å². The summed E-state index contributed by atoms with van der Waals surface area (Å²) >= 11 is 0. The summed E-state index contributed by atoms with van der Waals surface area (Å²) in [5.41, 5.74) is 22.0. The minimum Gasteiger partial charge on any atom is -0.309 e. The molecule has 14 rings (SSSR count). The number of fused-ring (bicyclic) bond motifs is 7. The molecular formula is C68H44N4. The summed E-state index contributed by atoms with van der Waals surface area (Å²) in [4.78, 5) is 10.5. The summed E-state index contributed by atoms with van der Waals surface area (Å²) in [6.45, 7) is 0. The Bertz CT molecular complexity index is 4040. The Morgan fingerprint density at radius 2 is 0.542 bits per heavy atom. The molecule has 0 N–H and O–H groups in total. The van der Waals surface area contributed by atoms with Gasteiger partial charge in [-0.15, -0.1) is 0 Å². The predicted molar refractivity (Wildman–Crippen MR) is 301 cm³/mol. The van der Waals surface area contributed by atoms with Gasteiger partial charge in [0.1, 0.15) is 0 Å². The highest BCUT2D eigenvalue weighted by molar-refractivity contribution is 6.15. The van der Waals surface area contributed by atoms with Crippen molar-refractivity contribution in [2.45, 2.75) is 0 Å². The van der Waals surface area contributed by atoms with Gasteiger partial charge >= 0.3 is 0 Å². The van der Waals surface area contributed by atoms with E-state index >= 15 is 0 Å². The van der Waals surface area contributed by atoms with Gasteiger partial charge in [-0.25, -0.2) is 9.97 Å². The molecule has 0 aliphatic heterocycles. The van der Waals surface area contributed by atoms with E-state index in [1.54, 1.807) is 0 Å². The molecule has 11 aromatic carbocycles. The lowest BCUT2D eigenvalue weighted by Gasteiger charge is -2.14. The van der Waals surface area contributed by atoms with Crippen LogP contribution in [0.25, 0.3) is 133 Å². The topological polar surface area (TPSA) is 35.6 Å². The number of para-hydroxylation sites is 6. The summed E-state index contributed by atoms with van der Waals surface area (Å²) in [5.74, 6) is 0. The van der Waals surface area contributed by atoms with Gasteiger partial charge in [0, 0.05) is 55.2 Å². The molecular weight excluding hydrogens is 873 g/mol. The van der Waals surface area contributed by atoms with Gasteiger partial charge in [0.15, 0.2) is 0 Å². The lowest BCUT2D eigenvalue weighted by atomic mass is 9.98. The van der Waals surface area contributed by atoms with Crippen molar-refractivity contribution < 1.29 is 0 Å². The smallest absolute Gasteiger partial charge is 0.0973 e. The number of benzene rings is 11. The van der Waals surface area contributed by atoms with Crippen LogP contribution in [0.2, 0.25) is 0 Å². The maximum atomic E-state index is 5.26. The molecule has 0 fully saturated rings. The van der Waals surface area contributed by atoms with E-state index in [0.29, 0.717) is 0 Å². The van der Waals surface area contributed by atoms with E-state index in [9.17, 15) is 0 Å². The third-order valence-electron chi connectivity index (χ3n) is 14.4. The fourth-order valence-electron chi connectivity index (χ4n) is 10.9. The first-order valence-electron chi connectivity index (χ1n) is 24.6. The third kappa shape index (κ3) is 6.92. The maximum absolute atomic E-state index is 5.26. The van der Waals surface area contributed by atoms with E-state index in [1.807, 2.05) is 24.3 Å². The zero-order valence-electron chi connectivity index (χ0n) is 39.2. The van der Waals surface area contributed by atoms with Crippen LogP contribution in [0.5, 0.6) is 0 Å². The molecule has 0 radical (unpaired) electrons. The fourth-order valence-corrected chi connectivity index (χ4v) is 10.9. The summed E-state index contributed by atoms with van der Waals surface area (Å²) in [6, 6.07) is 95.7. The molecule has 3 aromatic heterocycles. The van der Waals surface area contributed by atoms with Gasteiger partial charge in [0.05, 0.1) is 44.5 Å². The number of hydrogen-bond donors (Lipinski definition) is 0. The Balaban J connectivity index is 0.781. The van der Waals surface area contributed by atoms with Crippen molar-refractivity contribution in [1.82, 2.24) is 19.1 Å². The Labute approximate surface area is 417 Å². The molecule has 72 heavy (non-hydrogen) atoms. The summed E-state index contributed by atoms with van der Waals surface area (Å²) in [5, 5.41) is 4.99. The van der Waals surface area contributed by atoms with Crippen LogP contribution >= 0.6 is 0 Å². The molecule has 4 heteroatoms. The van der Waals surface area contributed by atoms with Gasteiger partial charge in [-0.2, -0.15) is 0 Å². The Hall–Kier alpha value is -9.64. The number of hydrogen-bond acceptors (Lipinski definition) is 2. The lowest BCUT2D eigenvalue weighted by molar-refractivity contribution is 1.18. The van der Waals surface area contributed by atoms with Crippen LogP contribution in [0.1, 0.15) is 0 Å². The van der Waals surface area contributed by atoms with Crippen molar-refractivity contribution in [1.29, 1.82) is 0 Å². The van der Waals surface area contributed by atoms with Gasteiger partial charge in [-0.05, 0) is 81.9 Å². The van der Waals surface area contributed by atoms with Gasteiger partial charge in [0.25, 0.3) is 0 Å². The largest absolute Gasteiger partial charge is 0.309 e.